The molecule has 0 saturated heterocycles. The van der Waals surface area contributed by atoms with Gasteiger partial charge >= 0.3 is 29.6 Å². The molecule has 0 bridgehead atoms. The van der Waals surface area contributed by atoms with Gasteiger partial charge in [-0.1, -0.05) is 0 Å². The largest absolute Gasteiger partial charge is 1.00 e. The quantitative estimate of drug-likeness (QED) is 0.347. The zero-order valence-corrected chi connectivity index (χ0v) is 10.0. The maximum absolute atomic E-state index is 10.1. The smallest absolute Gasteiger partial charge is 0.748 e. The fraction of sp³-hybridized carbons (Fsp3) is 1.00. The first-order valence-electron chi connectivity index (χ1n) is 3.35. The molecule has 0 aromatic carbocycles. The van der Waals surface area contributed by atoms with Crippen LogP contribution in [0.25, 0.3) is 0 Å². The molecule has 0 aliphatic heterocycles. The third-order valence-electron chi connectivity index (χ3n) is 1.27. The standard InChI is InChI=1S/C5H14N2O3S.Na/c6-4-5(7)2-1-3-11(8,9)10;/h5H,1-4,6-7H2,(H,8,9,10);/q;+1/p-1. The van der Waals surface area contributed by atoms with Gasteiger partial charge in [-0.2, -0.15) is 0 Å². The summed E-state index contributed by atoms with van der Waals surface area (Å²) < 4.78 is 30.2. The van der Waals surface area contributed by atoms with E-state index >= 15 is 0 Å². The van der Waals surface area contributed by atoms with Crippen molar-refractivity contribution in [3.8, 4) is 0 Å². The molecule has 0 spiro atoms. The SMILES string of the molecule is NCC(N)CCCS(=O)(=O)[O-].[Na+]. The van der Waals surface area contributed by atoms with Crippen LogP contribution in [0.3, 0.4) is 0 Å². The average Bonchev–Trinajstić information content (AvgIpc) is 1.85. The Kier molecular flexibility index (Phi) is 9.25. The van der Waals surface area contributed by atoms with Crippen LogP contribution in [0.1, 0.15) is 12.8 Å². The summed E-state index contributed by atoms with van der Waals surface area (Å²) in [6, 6.07) is -0.197. The van der Waals surface area contributed by atoms with Crippen molar-refractivity contribution in [3.05, 3.63) is 0 Å². The molecular formula is C5H13N2NaO3S. The maximum atomic E-state index is 10.1. The number of hydrogen-bond donors (Lipinski definition) is 2. The second-order valence-electron chi connectivity index (χ2n) is 2.40. The second-order valence-corrected chi connectivity index (χ2v) is 3.92. The van der Waals surface area contributed by atoms with Crippen LogP contribution in [0, 0.1) is 0 Å². The van der Waals surface area contributed by atoms with Gasteiger partial charge in [0.25, 0.3) is 0 Å². The molecular weight excluding hydrogens is 191 g/mol. The van der Waals surface area contributed by atoms with Crippen molar-refractivity contribution in [1.82, 2.24) is 0 Å². The van der Waals surface area contributed by atoms with E-state index in [1.165, 1.54) is 0 Å². The van der Waals surface area contributed by atoms with Crippen molar-refractivity contribution in [3.63, 3.8) is 0 Å². The Hall–Kier alpha value is 0.830. The van der Waals surface area contributed by atoms with Crippen LogP contribution in [0.5, 0.6) is 0 Å². The molecule has 0 rings (SSSR count). The molecule has 0 radical (unpaired) electrons. The van der Waals surface area contributed by atoms with E-state index in [-0.39, 0.29) is 41.4 Å². The van der Waals surface area contributed by atoms with Gasteiger partial charge in [-0.25, -0.2) is 8.42 Å². The Morgan fingerprint density at radius 1 is 1.42 bits per heavy atom. The van der Waals surface area contributed by atoms with E-state index in [1.54, 1.807) is 0 Å². The topological polar surface area (TPSA) is 109 Å². The molecule has 7 heteroatoms. The van der Waals surface area contributed by atoms with Crippen LogP contribution in [-0.4, -0.2) is 31.3 Å². The van der Waals surface area contributed by atoms with Crippen molar-refractivity contribution in [2.45, 2.75) is 18.9 Å². The van der Waals surface area contributed by atoms with Gasteiger partial charge in [0, 0.05) is 18.3 Å². The predicted octanol–water partition coefficient (Wildman–Crippen LogP) is -4.40. The fourth-order valence-corrected chi connectivity index (χ4v) is 1.16. The zero-order valence-electron chi connectivity index (χ0n) is 7.19. The van der Waals surface area contributed by atoms with Crippen molar-refractivity contribution in [2.24, 2.45) is 11.5 Å². The van der Waals surface area contributed by atoms with E-state index in [0.29, 0.717) is 19.4 Å². The predicted molar refractivity (Wildman–Crippen MR) is 40.8 cm³/mol. The summed E-state index contributed by atoms with van der Waals surface area (Å²) in [5, 5.41) is 0. The van der Waals surface area contributed by atoms with E-state index in [0.717, 1.165) is 0 Å². The minimum Gasteiger partial charge on any atom is -0.748 e. The fourth-order valence-electron chi connectivity index (χ4n) is 0.640. The third kappa shape index (κ3) is 10.8. The first-order chi connectivity index (χ1) is 4.95. The van der Waals surface area contributed by atoms with Gasteiger partial charge in [0.05, 0.1) is 10.1 Å². The van der Waals surface area contributed by atoms with E-state index in [4.69, 9.17) is 11.5 Å². The first kappa shape index (κ1) is 15.3. The molecule has 4 N–H and O–H groups in total. The maximum Gasteiger partial charge on any atom is 1.00 e. The van der Waals surface area contributed by atoms with Crippen molar-refractivity contribution in [1.29, 1.82) is 0 Å². The Labute approximate surface area is 94.9 Å². The summed E-state index contributed by atoms with van der Waals surface area (Å²) in [6.45, 7) is 0.318. The summed E-state index contributed by atoms with van der Waals surface area (Å²) in [5.74, 6) is -0.347. The first-order valence-corrected chi connectivity index (χ1v) is 4.92. The Balaban J connectivity index is 0. The summed E-state index contributed by atoms with van der Waals surface area (Å²) in [6.07, 6.45) is 0.780. The second kappa shape index (κ2) is 7.25. The molecule has 0 heterocycles. The van der Waals surface area contributed by atoms with Crippen LogP contribution in [0.15, 0.2) is 0 Å². The molecule has 1 unspecified atom stereocenters. The monoisotopic (exact) mass is 204 g/mol. The Morgan fingerprint density at radius 2 is 1.92 bits per heavy atom. The van der Waals surface area contributed by atoms with E-state index in [1.807, 2.05) is 0 Å². The molecule has 0 amide bonds. The van der Waals surface area contributed by atoms with Crippen LogP contribution in [-0.2, 0) is 10.1 Å². The van der Waals surface area contributed by atoms with Gasteiger partial charge in [-0.3, -0.25) is 0 Å². The molecule has 0 fully saturated rings. The van der Waals surface area contributed by atoms with Gasteiger partial charge in [0.1, 0.15) is 0 Å². The van der Waals surface area contributed by atoms with Gasteiger partial charge in [0.15, 0.2) is 0 Å². The summed E-state index contributed by atoms with van der Waals surface area (Å²) >= 11 is 0. The number of rotatable bonds is 5. The minimum absolute atomic E-state index is 0. The van der Waals surface area contributed by atoms with Crippen LogP contribution in [0.4, 0.5) is 0 Å². The van der Waals surface area contributed by atoms with Crippen molar-refractivity contribution >= 4 is 10.1 Å². The van der Waals surface area contributed by atoms with E-state index in [9.17, 15) is 13.0 Å². The average molecular weight is 204 g/mol. The van der Waals surface area contributed by atoms with E-state index < -0.39 is 10.1 Å². The third-order valence-corrected chi connectivity index (χ3v) is 2.06. The molecule has 0 aromatic heterocycles. The van der Waals surface area contributed by atoms with Crippen molar-refractivity contribution < 1.29 is 42.5 Å². The zero-order chi connectivity index (χ0) is 8.91. The summed E-state index contributed by atoms with van der Waals surface area (Å²) in [7, 11) is -4.07. The van der Waals surface area contributed by atoms with Gasteiger partial charge in [-0.05, 0) is 12.8 Å². The van der Waals surface area contributed by atoms with Gasteiger partial charge in [-0.15, -0.1) is 0 Å². The van der Waals surface area contributed by atoms with Crippen LogP contribution < -0.4 is 41.0 Å². The molecule has 12 heavy (non-hydrogen) atoms. The molecule has 0 saturated carbocycles. The molecule has 5 nitrogen and oxygen atoms in total. The summed E-state index contributed by atoms with van der Waals surface area (Å²) in [5.41, 5.74) is 10.5. The Morgan fingerprint density at radius 3 is 2.25 bits per heavy atom. The molecule has 0 aliphatic rings. The molecule has 68 valence electrons. The van der Waals surface area contributed by atoms with Crippen LogP contribution >= 0.6 is 0 Å². The normalized spacial score (nSPS) is 13.6. The number of nitrogens with two attached hydrogens (primary N) is 2. The van der Waals surface area contributed by atoms with E-state index in [2.05, 4.69) is 0 Å². The van der Waals surface area contributed by atoms with Gasteiger partial charge < -0.3 is 16.0 Å². The Bertz CT molecular complexity index is 195. The van der Waals surface area contributed by atoms with Crippen molar-refractivity contribution in [2.75, 3.05) is 12.3 Å². The van der Waals surface area contributed by atoms with Crippen LogP contribution in [0.2, 0.25) is 0 Å². The molecule has 0 aliphatic carbocycles. The summed E-state index contributed by atoms with van der Waals surface area (Å²) in [4.78, 5) is 0. The molecule has 0 aromatic rings. The minimum atomic E-state index is -4.07. The molecule has 1 atom stereocenters. The number of hydrogen-bond acceptors (Lipinski definition) is 5. The van der Waals surface area contributed by atoms with Gasteiger partial charge in [0.2, 0.25) is 0 Å².